The van der Waals surface area contributed by atoms with E-state index in [1.165, 1.54) is 99.8 Å². The van der Waals surface area contributed by atoms with E-state index in [4.69, 9.17) is 0 Å². The van der Waals surface area contributed by atoms with Gasteiger partial charge in [-0.25, -0.2) is 0 Å². The fourth-order valence-corrected chi connectivity index (χ4v) is 11.3. The molecule has 1 aliphatic carbocycles. The molecule has 0 unspecified atom stereocenters. The number of rotatable bonds is 10. The van der Waals surface area contributed by atoms with Gasteiger partial charge in [-0.2, -0.15) is 0 Å². The molecule has 1 aliphatic rings. The number of benzene rings is 12. The smallest absolute Gasteiger partial charge is 0.0713 e. The SMILES string of the molecule is c1ccc(-c2cccc(N(c3ccc(-c4cccc(-c5cccc(-c6ccc7ccccc7c6)c5)c4)cc3)c3ccc(-c4ccc5c(c4)C(c4ccccc4)(c4ccccc4)c4ccccc4-5)cc3)c2)cc1. The van der Waals surface area contributed by atoms with Crippen LogP contribution in [-0.4, -0.2) is 0 Å². The minimum atomic E-state index is -0.456. The number of hydrogen-bond donors (Lipinski definition) is 0. The molecule has 12 aromatic rings. The fourth-order valence-electron chi connectivity index (χ4n) is 11.3. The van der Waals surface area contributed by atoms with Crippen molar-refractivity contribution in [1.82, 2.24) is 0 Å². The first-order valence-corrected chi connectivity index (χ1v) is 24.9. The van der Waals surface area contributed by atoms with Crippen molar-refractivity contribution in [3.05, 3.63) is 320 Å². The van der Waals surface area contributed by atoms with Crippen molar-refractivity contribution < 1.29 is 0 Å². The lowest BCUT2D eigenvalue weighted by atomic mass is 9.67. The van der Waals surface area contributed by atoms with Gasteiger partial charge in [0.25, 0.3) is 0 Å². The summed E-state index contributed by atoms with van der Waals surface area (Å²) in [4.78, 5) is 2.38. The van der Waals surface area contributed by atoms with Crippen molar-refractivity contribution in [2.45, 2.75) is 5.41 Å². The van der Waals surface area contributed by atoms with E-state index >= 15 is 0 Å². The summed E-state index contributed by atoms with van der Waals surface area (Å²) in [6.07, 6.45) is 0. The number of anilines is 3. The van der Waals surface area contributed by atoms with E-state index in [9.17, 15) is 0 Å². The second kappa shape index (κ2) is 18.2. The molecular weight excluding hydrogens is 867 g/mol. The normalized spacial score (nSPS) is 12.3. The summed E-state index contributed by atoms with van der Waals surface area (Å²) in [6.45, 7) is 0. The molecule has 0 aliphatic heterocycles. The highest BCUT2D eigenvalue weighted by molar-refractivity contribution is 5.90. The van der Waals surface area contributed by atoms with Crippen LogP contribution in [0.3, 0.4) is 0 Å². The van der Waals surface area contributed by atoms with Crippen LogP contribution < -0.4 is 4.90 Å². The summed E-state index contributed by atoms with van der Waals surface area (Å²) in [5.74, 6) is 0. The van der Waals surface area contributed by atoms with Crippen LogP contribution in [0.2, 0.25) is 0 Å². The van der Waals surface area contributed by atoms with E-state index in [1.54, 1.807) is 0 Å². The van der Waals surface area contributed by atoms with Crippen molar-refractivity contribution in [2.75, 3.05) is 4.90 Å². The second-order valence-corrected chi connectivity index (χ2v) is 18.9. The third-order valence-corrected chi connectivity index (χ3v) is 14.7. The lowest BCUT2D eigenvalue weighted by Gasteiger charge is -2.34. The molecule has 12 aromatic carbocycles. The zero-order valence-corrected chi connectivity index (χ0v) is 39.7. The van der Waals surface area contributed by atoms with Crippen LogP contribution in [0.5, 0.6) is 0 Å². The average molecular weight is 916 g/mol. The Morgan fingerprint density at radius 1 is 0.208 bits per heavy atom. The minimum Gasteiger partial charge on any atom is -0.310 e. The second-order valence-electron chi connectivity index (χ2n) is 18.9. The molecule has 72 heavy (non-hydrogen) atoms. The lowest BCUT2D eigenvalue weighted by molar-refractivity contribution is 0.769. The Bertz CT molecular complexity index is 3850. The molecule has 0 amide bonds. The Kier molecular flexibility index (Phi) is 10.8. The maximum absolute atomic E-state index is 2.45. The zero-order chi connectivity index (χ0) is 47.8. The quantitative estimate of drug-likeness (QED) is 0.132. The van der Waals surface area contributed by atoms with Crippen LogP contribution in [0.1, 0.15) is 22.3 Å². The summed E-state index contributed by atoms with van der Waals surface area (Å²) >= 11 is 0. The number of fused-ring (bicyclic) bond motifs is 4. The fraction of sp³-hybridized carbons (Fsp3) is 0.0141. The van der Waals surface area contributed by atoms with E-state index in [-0.39, 0.29) is 0 Å². The van der Waals surface area contributed by atoms with Crippen molar-refractivity contribution >= 4 is 27.8 Å². The predicted molar refractivity (Wildman–Crippen MR) is 303 cm³/mol. The van der Waals surface area contributed by atoms with Gasteiger partial charge in [-0.3, -0.25) is 0 Å². The van der Waals surface area contributed by atoms with Crippen LogP contribution in [0.15, 0.2) is 297 Å². The minimum absolute atomic E-state index is 0.456. The number of hydrogen-bond acceptors (Lipinski definition) is 1. The third-order valence-electron chi connectivity index (χ3n) is 14.7. The van der Waals surface area contributed by atoms with Gasteiger partial charge in [-0.15, -0.1) is 0 Å². The monoisotopic (exact) mass is 915 g/mol. The lowest BCUT2D eigenvalue weighted by Crippen LogP contribution is -2.28. The Hall–Kier alpha value is -9.30. The molecule has 1 heteroatoms. The molecule has 0 aromatic heterocycles. The first-order chi connectivity index (χ1) is 35.7. The van der Waals surface area contributed by atoms with E-state index in [0.29, 0.717) is 0 Å². The molecule has 0 saturated carbocycles. The highest BCUT2D eigenvalue weighted by Crippen LogP contribution is 2.56. The largest absolute Gasteiger partial charge is 0.310 e. The van der Waals surface area contributed by atoms with Gasteiger partial charge in [0.05, 0.1) is 5.41 Å². The van der Waals surface area contributed by atoms with Crippen LogP contribution in [0, 0.1) is 0 Å². The van der Waals surface area contributed by atoms with E-state index < -0.39 is 5.41 Å². The van der Waals surface area contributed by atoms with Gasteiger partial charge in [-0.1, -0.05) is 237 Å². The van der Waals surface area contributed by atoms with Gasteiger partial charge >= 0.3 is 0 Å². The summed E-state index contributed by atoms with van der Waals surface area (Å²) in [5.41, 5.74) is 22.4. The molecule has 0 radical (unpaired) electrons. The summed E-state index contributed by atoms with van der Waals surface area (Å²) in [7, 11) is 0. The van der Waals surface area contributed by atoms with Gasteiger partial charge in [0.1, 0.15) is 0 Å². The van der Waals surface area contributed by atoms with Crippen molar-refractivity contribution in [1.29, 1.82) is 0 Å². The van der Waals surface area contributed by atoms with Crippen LogP contribution in [-0.2, 0) is 5.41 Å². The predicted octanol–water partition coefficient (Wildman–Crippen LogP) is 19.0. The Morgan fingerprint density at radius 3 is 1.22 bits per heavy atom. The van der Waals surface area contributed by atoms with Crippen LogP contribution >= 0.6 is 0 Å². The maximum atomic E-state index is 2.45. The Labute approximate surface area is 422 Å². The first kappa shape index (κ1) is 42.8. The zero-order valence-electron chi connectivity index (χ0n) is 39.7. The van der Waals surface area contributed by atoms with E-state index in [2.05, 4.69) is 302 Å². The third kappa shape index (κ3) is 7.60. The topological polar surface area (TPSA) is 3.24 Å². The van der Waals surface area contributed by atoms with Crippen molar-refractivity contribution in [2.24, 2.45) is 0 Å². The molecule has 13 rings (SSSR count). The first-order valence-electron chi connectivity index (χ1n) is 24.9. The van der Waals surface area contributed by atoms with Crippen molar-refractivity contribution in [3.63, 3.8) is 0 Å². The highest BCUT2D eigenvalue weighted by Gasteiger charge is 2.46. The van der Waals surface area contributed by atoms with Gasteiger partial charge in [0, 0.05) is 17.1 Å². The molecule has 0 spiro atoms. The molecule has 1 nitrogen and oxygen atoms in total. The van der Waals surface area contributed by atoms with Crippen LogP contribution in [0.4, 0.5) is 17.1 Å². The van der Waals surface area contributed by atoms with Crippen molar-refractivity contribution in [3.8, 4) is 66.8 Å². The van der Waals surface area contributed by atoms with E-state index in [0.717, 1.165) is 17.1 Å². The Morgan fingerprint density at radius 2 is 0.611 bits per heavy atom. The van der Waals surface area contributed by atoms with Gasteiger partial charge in [0.15, 0.2) is 0 Å². The molecule has 0 N–H and O–H groups in total. The Balaban J connectivity index is 0.860. The molecule has 0 heterocycles. The summed E-state index contributed by atoms with van der Waals surface area (Å²) < 4.78 is 0. The van der Waals surface area contributed by atoms with Crippen LogP contribution in [0.25, 0.3) is 77.5 Å². The van der Waals surface area contributed by atoms with E-state index in [1.807, 2.05) is 0 Å². The molecule has 0 saturated heterocycles. The maximum Gasteiger partial charge on any atom is 0.0713 e. The summed E-state index contributed by atoms with van der Waals surface area (Å²) in [5, 5.41) is 2.51. The molecule has 338 valence electrons. The standard InChI is InChI=1S/C71H49N/c1-4-17-50(18-5-1)59-25-16-30-66(48-59)72(64-40-35-52(36-41-64)55-21-14-22-56(45-55)57-23-15-24-58(47-57)60-34-33-51-19-10-11-20-54(51)46-60)65-42-37-53(38-43-65)61-39-44-68-67-31-12-13-32-69(67)71(70(68)49-61,62-26-6-2-7-27-62)63-28-8-3-9-29-63/h1-49H. The molecular formula is C71H49N. The van der Waals surface area contributed by atoms with Gasteiger partial charge in [0.2, 0.25) is 0 Å². The number of nitrogens with zero attached hydrogens (tertiary/aromatic N) is 1. The molecule has 0 bridgehead atoms. The molecule has 0 atom stereocenters. The highest BCUT2D eigenvalue weighted by atomic mass is 15.1. The van der Waals surface area contributed by atoms with Gasteiger partial charge < -0.3 is 4.90 Å². The summed E-state index contributed by atoms with van der Waals surface area (Å²) in [6, 6.07) is 109. The average Bonchev–Trinajstić information content (AvgIpc) is 3.77. The van der Waals surface area contributed by atoms with Gasteiger partial charge in [-0.05, 0) is 160 Å². The molecule has 0 fully saturated rings.